The van der Waals surface area contributed by atoms with Gasteiger partial charge in [0.25, 0.3) is 0 Å². The molecule has 1 heterocycles. The van der Waals surface area contributed by atoms with Crippen LogP contribution in [0.2, 0.25) is 0 Å². The maximum atomic E-state index is 9.62. The summed E-state index contributed by atoms with van der Waals surface area (Å²) in [6.45, 7) is 4.07. The first-order chi connectivity index (χ1) is 10.3. The van der Waals surface area contributed by atoms with E-state index in [4.69, 9.17) is 0 Å². The minimum atomic E-state index is -0.412. The van der Waals surface area contributed by atoms with Crippen molar-refractivity contribution in [1.82, 2.24) is 10.2 Å². The van der Waals surface area contributed by atoms with Gasteiger partial charge < -0.3 is 15.3 Å². The Morgan fingerprint density at radius 1 is 1.10 bits per heavy atom. The number of allylic oxidation sites excluding steroid dienone is 2. The SMILES string of the molecule is CCCCCCCC/C=C/CCCC1NC=CN1C(C)O. The standard InChI is InChI=1S/C18H34N2O/c1-3-4-5-6-7-8-9-10-11-12-13-14-18-19-15-16-20(18)17(2)21/h10-11,15-19,21H,3-9,12-14H2,1-2H3/b11-10+. The van der Waals surface area contributed by atoms with Crippen LogP contribution in [0, 0.1) is 0 Å². The lowest BCUT2D eigenvalue weighted by molar-refractivity contribution is 0.0257. The van der Waals surface area contributed by atoms with E-state index in [0.717, 1.165) is 19.3 Å². The normalized spacial score (nSPS) is 19.4. The Bertz CT molecular complexity index is 300. The Morgan fingerprint density at radius 2 is 1.76 bits per heavy atom. The number of aliphatic hydroxyl groups is 1. The fourth-order valence-corrected chi connectivity index (χ4v) is 2.75. The number of nitrogens with zero attached hydrogens (tertiary/aromatic N) is 1. The maximum absolute atomic E-state index is 9.62. The lowest BCUT2D eigenvalue weighted by Crippen LogP contribution is -2.40. The molecule has 0 spiro atoms. The van der Waals surface area contributed by atoms with Crippen LogP contribution in [0.1, 0.15) is 78.1 Å². The first kappa shape index (κ1) is 18.1. The third kappa shape index (κ3) is 8.15. The molecule has 1 aliphatic rings. The number of unbranched alkanes of at least 4 members (excludes halogenated alkanes) is 7. The molecule has 0 aromatic carbocycles. The summed E-state index contributed by atoms with van der Waals surface area (Å²) in [6.07, 6.45) is 21.2. The molecule has 122 valence electrons. The van der Waals surface area contributed by atoms with Crippen LogP contribution in [-0.2, 0) is 0 Å². The molecule has 2 N–H and O–H groups in total. The second-order valence-corrected chi connectivity index (χ2v) is 6.04. The van der Waals surface area contributed by atoms with Crippen molar-refractivity contribution >= 4 is 0 Å². The molecule has 1 rings (SSSR count). The first-order valence-electron chi connectivity index (χ1n) is 8.79. The van der Waals surface area contributed by atoms with Crippen molar-refractivity contribution in [2.75, 3.05) is 0 Å². The van der Waals surface area contributed by atoms with Gasteiger partial charge in [0, 0.05) is 12.4 Å². The second kappa shape index (κ2) is 11.7. The van der Waals surface area contributed by atoms with Crippen molar-refractivity contribution in [2.45, 2.75) is 90.4 Å². The van der Waals surface area contributed by atoms with Crippen LogP contribution < -0.4 is 5.32 Å². The maximum Gasteiger partial charge on any atom is 0.125 e. The van der Waals surface area contributed by atoms with E-state index < -0.39 is 6.23 Å². The summed E-state index contributed by atoms with van der Waals surface area (Å²) in [5.74, 6) is 0. The first-order valence-corrected chi connectivity index (χ1v) is 8.79. The third-order valence-corrected chi connectivity index (χ3v) is 4.07. The van der Waals surface area contributed by atoms with Crippen molar-refractivity contribution in [3.63, 3.8) is 0 Å². The minimum Gasteiger partial charge on any atom is -0.374 e. The molecule has 2 atom stereocenters. The quantitative estimate of drug-likeness (QED) is 0.411. The molecule has 3 nitrogen and oxygen atoms in total. The molecule has 0 fully saturated rings. The van der Waals surface area contributed by atoms with Crippen molar-refractivity contribution in [2.24, 2.45) is 0 Å². The van der Waals surface area contributed by atoms with Gasteiger partial charge in [0.15, 0.2) is 0 Å². The molecule has 0 radical (unpaired) electrons. The van der Waals surface area contributed by atoms with Gasteiger partial charge in [-0.3, -0.25) is 0 Å². The van der Waals surface area contributed by atoms with Crippen molar-refractivity contribution in [3.8, 4) is 0 Å². The van der Waals surface area contributed by atoms with E-state index >= 15 is 0 Å². The highest BCUT2D eigenvalue weighted by Gasteiger charge is 2.20. The number of rotatable bonds is 12. The molecule has 0 bridgehead atoms. The largest absolute Gasteiger partial charge is 0.374 e. The van der Waals surface area contributed by atoms with Crippen LogP contribution in [0.3, 0.4) is 0 Å². The van der Waals surface area contributed by atoms with Gasteiger partial charge in [0.2, 0.25) is 0 Å². The highest BCUT2D eigenvalue weighted by Crippen LogP contribution is 2.14. The molecule has 0 amide bonds. The van der Waals surface area contributed by atoms with E-state index in [1.54, 1.807) is 0 Å². The Labute approximate surface area is 131 Å². The van der Waals surface area contributed by atoms with Crippen LogP contribution in [0.25, 0.3) is 0 Å². The van der Waals surface area contributed by atoms with Crippen molar-refractivity contribution in [3.05, 3.63) is 24.6 Å². The highest BCUT2D eigenvalue weighted by atomic mass is 16.3. The van der Waals surface area contributed by atoms with E-state index in [-0.39, 0.29) is 6.17 Å². The number of hydrogen-bond acceptors (Lipinski definition) is 3. The zero-order valence-corrected chi connectivity index (χ0v) is 13.9. The van der Waals surface area contributed by atoms with E-state index in [1.807, 2.05) is 24.2 Å². The van der Waals surface area contributed by atoms with Gasteiger partial charge in [0.05, 0.1) is 0 Å². The fourth-order valence-electron chi connectivity index (χ4n) is 2.75. The average Bonchev–Trinajstić information content (AvgIpc) is 2.93. The Morgan fingerprint density at radius 3 is 2.48 bits per heavy atom. The highest BCUT2D eigenvalue weighted by molar-refractivity contribution is 4.94. The molecular formula is C18H34N2O. The molecular weight excluding hydrogens is 260 g/mol. The van der Waals surface area contributed by atoms with Gasteiger partial charge in [-0.25, -0.2) is 0 Å². The molecule has 2 unspecified atom stereocenters. The van der Waals surface area contributed by atoms with Crippen LogP contribution in [0.15, 0.2) is 24.6 Å². The number of nitrogens with one attached hydrogen (secondary N) is 1. The van der Waals surface area contributed by atoms with E-state index in [0.29, 0.717) is 0 Å². The Kier molecular flexibility index (Phi) is 10.1. The lowest BCUT2D eigenvalue weighted by Gasteiger charge is -2.27. The minimum absolute atomic E-state index is 0.261. The molecule has 3 heteroatoms. The smallest absolute Gasteiger partial charge is 0.125 e. The van der Waals surface area contributed by atoms with Crippen molar-refractivity contribution < 1.29 is 5.11 Å². The Hall–Kier alpha value is -0.960. The predicted molar refractivity (Wildman–Crippen MR) is 90.6 cm³/mol. The summed E-state index contributed by atoms with van der Waals surface area (Å²) >= 11 is 0. The van der Waals surface area contributed by atoms with Gasteiger partial charge in [-0.15, -0.1) is 0 Å². The number of hydrogen-bond donors (Lipinski definition) is 2. The summed E-state index contributed by atoms with van der Waals surface area (Å²) in [4.78, 5) is 1.97. The average molecular weight is 294 g/mol. The van der Waals surface area contributed by atoms with Gasteiger partial charge in [-0.2, -0.15) is 0 Å². The van der Waals surface area contributed by atoms with E-state index in [1.165, 1.54) is 44.9 Å². The van der Waals surface area contributed by atoms with Gasteiger partial charge in [-0.1, -0.05) is 51.2 Å². The topological polar surface area (TPSA) is 35.5 Å². The monoisotopic (exact) mass is 294 g/mol. The Balaban J connectivity index is 1.93. The molecule has 0 aliphatic carbocycles. The number of aliphatic hydroxyl groups excluding tert-OH is 1. The molecule has 0 aromatic heterocycles. The summed E-state index contributed by atoms with van der Waals surface area (Å²) in [5.41, 5.74) is 0. The summed E-state index contributed by atoms with van der Waals surface area (Å²) in [7, 11) is 0. The van der Waals surface area contributed by atoms with Crippen molar-refractivity contribution in [1.29, 1.82) is 0 Å². The lowest BCUT2D eigenvalue weighted by atomic mass is 10.1. The predicted octanol–water partition coefficient (Wildman–Crippen LogP) is 4.50. The van der Waals surface area contributed by atoms with Crippen LogP contribution in [0.5, 0.6) is 0 Å². The van der Waals surface area contributed by atoms with Gasteiger partial charge in [0.1, 0.15) is 12.4 Å². The van der Waals surface area contributed by atoms with Gasteiger partial charge >= 0.3 is 0 Å². The third-order valence-electron chi connectivity index (χ3n) is 4.07. The zero-order chi connectivity index (χ0) is 15.3. The zero-order valence-electron chi connectivity index (χ0n) is 13.9. The van der Waals surface area contributed by atoms with Gasteiger partial charge in [-0.05, 0) is 39.0 Å². The van der Waals surface area contributed by atoms with Crippen LogP contribution in [-0.4, -0.2) is 22.4 Å². The molecule has 21 heavy (non-hydrogen) atoms. The van der Waals surface area contributed by atoms with Crippen LogP contribution in [0.4, 0.5) is 0 Å². The summed E-state index contributed by atoms with van der Waals surface area (Å²) in [6, 6.07) is 0. The molecule has 0 aromatic rings. The summed E-state index contributed by atoms with van der Waals surface area (Å²) in [5, 5.41) is 12.9. The summed E-state index contributed by atoms with van der Waals surface area (Å²) < 4.78 is 0. The van der Waals surface area contributed by atoms with E-state index in [2.05, 4.69) is 24.4 Å². The van der Waals surface area contributed by atoms with E-state index in [9.17, 15) is 5.11 Å². The second-order valence-electron chi connectivity index (χ2n) is 6.04. The molecule has 0 saturated carbocycles. The fraction of sp³-hybridized carbons (Fsp3) is 0.778. The molecule has 1 aliphatic heterocycles. The van der Waals surface area contributed by atoms with Crippen LogP contribution >= 0.6 is 0 Å². The molecule has 0 saturated heterocycles.